The van der Waals surface area contributed by atoms with Gasteiger partial charge >= 0.3 is 0 Å². The van der Waals surface area contributed by atoms with Crippen LogP contribution in [0.5, 0.6) is 11.5 Å². The summed E-state index contributed by atoms with van der Waals surface area (Å²) in [6.45, 7) is -0.0171. The van der Waals surface area contributed by atoms with E-state index in [9.17, 15) is 0 Å². The lowest BCUT2D eigenvalue weighted by Crippen LogP contribution is -1.89. The first-order valence-electron chi connectivity index (χ1n) is 5.13. The third kappa shape index (κ3) is 2.98. The molecule has 0 radical (unpaired) electrons. The molecule has 18 heavy (non-hydrogen) atoms. The Morgan fingerprint density at radius 2 is 1.89 bits per heavy atom. The maximum Gasteiger partial charge on any atom is 0.147 e. The summed E-state index contributed by atoms with van der Waals surface area (Å²) in [4.78, 5) is 0. The lowest BCUT2D eigenvalue weighted by Gasteiger charge is -2.10. The van der Waals surface area contributed by atoms with Crippen molar-refractivity contribution in [2.45, 2.75) is 6.61 Å². The van der Waals surface area contributed by atoms with Gasteiger partial charge in [0.15, 0.2) is 0 Å². The lowest BCUT2D eigenvalue weighted by molar-refractivity contribution is 0.281. The fraction of sp³-hybridized carbons (Fsp3) is 0.0769. The van der Waals surface area contributed by atoms with Crippen LogP contribution in [0.2, 0.25) is 10.0 Å². The van der Waals surface area contributed by atoms with Crippen molar-refractivity contribution >= 4 is 39.1 Å². The minimum absolute atomic E-state index is 0.0171. The molecule has 94 valence electrons. The number of rotatable bonds is 3. The van der Waals surface area contributed by atoms with Gasteiger partial charge in [0.05, 0.1) is 16.1 Å². The average molecular weight is 348 g/mol. The van der Waals surface area contributed by atoms with Crippen molar-refractivity contribution in [3.05, 3.63) is 56.5 Å². The van der Waals surface area contributed by atoms with Crippen LogP contribution < -0.4 is 4.74 Å². The van der Waals surface area contributed by atoms with Crippen molar-refractivity contribution in [3.63, 3.8) is 0 Å². The molecule has 2 aromatic carbocycles. The molecule has 0 heterocycles. The summed E-state index contributed by atoms with van der Waals surface area (Å²) in [5.74, 6) is 1.10. The minimum atomic E-state index is -0.0171. The molecule has 0 aliphatic rings. The Kier molecular flexibility index (Phi) is 4.51. The van der Waals surface area contributed by atoms with Crippen molar-refractivity contribution in [2.75, 3.05) is 0 Å². The standard InChI is InChI=1S/C13H9BrCl2O2/c14-9-6-8(7-17)4-5-11(9)18-12-3-1-2-10(15)13(12)16/h1-6,17H,7H2. The van der Waals surface area contributed by atoms with Crippen molar-refractivity contribution in [2.24, 2.45) is 0 Å². The monoisotopic (exact) mass is 346 g/mol. The molecule has 0 aromatic heterocycles. The molecule has 0 spiro atoms. The van der Waals surface area contributed by atoms with Gasteiger partial charge in [-0.25, -0.2) is 0 Å². The highest BCUT2D eigenvalue weighted by Gasteiger charge is 2.09. The Morgan fingerprint density at radius 1 is 1.11 bits per heavy atom. The van der Waals surface area contributed by atoms with Crippen LogP contribution in [-0.2, 0) is 6.61 Å². The quantitative estimate of drug-likeness (QED) is 0.842. The van der Waals surface area contributed by atoms with Crippen LogP contribution >= 0.6 is 39.1 Å². The molecule has 0 aliphatic carbocycles. The van der Waals surface area contributed by atoms with E-state index < -0.39 is 0 Å². The van der Waals surface area contributed by atoms with E-state index in [0.717, 1.165) is 10.0 Å². The molecule has 2 aromatic rings. The number of hydrogen-bond donors (Lipinski definition) is 1. The number of ether oxygens (including phenoxy) is 1. The molecular weight excluding hydrogens is 339 g/mol. The van der Waals surface area contributed by atoms with E-state index >= 15 is 0 Å². The van der Waals surface area contributed by atoms with Crippen molar-refractivity contribution < 1.29 is 9.84 Å². The summed E-state index contributed by atoms with van der Waals surface area (Å²) in [5.41, 5.74) is 0.798. The number of halogens is 3. The molecule has 1 N–H and O–H groups in total. The summed E-state index contributed by atoms with van der Waals surface area (Å²) >= 11 is 15.3. The van der Waals surface area contributed by atoms with Gasteiger partial charge in [0.25, 0.3) is 0 Å². The van der Waals surface area contributed by atoms with Crippen molar-refractivity contribution in [3.8, 4) is 11.5 Å². The zero-order valence-corrected chi connectivity index (χ0v) is 12.3. The summed E-state index contributed by atoms with van der Waals surface area (Å²) in [5, 5.41) is 9.84. The molecule has 0 bridgehead atoms. The first-order chi connectivity index (χ1) is 8.61. The van der Waals surface area contributed by atoms with Crippen LogP contribution in [0.3, 0.4) is 0 Å². The topological polar surface area (TPSA) is 29.5 Å². The molecule has 2 nitrogen and oxygen atoms in total. The van der Waals surface area contributed by atoms with Crippen molar-refractivity contribution in [1.82, 2.24) is 0 Å². The van der Waals surface area contributed by atoms with Gasteiger partial charge in [-0.1, -0.05) is 35.3 Å². The second kappa shape index (κ2) is 5.93. The van der Waals surface area contributed by atoms with E-state index in [0.29, 0.717) is 21.5 Å². The fourth-order valence-electron chi connectivity index (χ4n) is 1.41. The van der Waals surface area contributed by atoms with Crippen LogP contribution in [0.15, 0.2) is 40.9 Å². The minimum Gasteiger partial charge on any atom is -0.455 e. The summed E-state index contributed by atoms with van der Waals surface area (Å²) in [6.07, 6.45) is 0. The summed E-state index contributed by atoms with van der Waals surface area (Å²) in [7, 11) is 0. The normalized spacial score (nSPS) is 10.4. The first kappa shape index (κ1) is 13.7. The number of aliphatic hydroxyl groups excluding tert-OH is 1. The smallest absolute Gasteiger partial charge is 0.147 e. The summed E-state index contributed by atoms with van der Waals surface area (Å²) in [6, 6.07) is 10.5. The zero-order valence-electron chi connectivity index (χ0n) is 9.16. The molecule has 5 heteroatoms. The molecule has 0 saturated carbocycles. The highest BCUT2D eigenvalue weighted by atomic mass is 79.9. The Labute approximate surface area is 123 Å². The van der Waals surface area contributed by atoms with Gasteiger partial charge in [0, 0.05) is 0 Å². The third-order valence-electron chi connectivity index (χ3n) is 2.31. The van der Waals surface area contributed by atoms with Gasteiger partial charge in [-0.2, -0.15) is 0 Å². The van der Waals surface area contributed by atoms with Crippen LogP contribution in [0.4, 0.5) is 0 Å². The summed E-state index contributed by atoms with van der Waals surface area (Å²) < 4.78 is 6.42. The lowest BCUT2D eigenvalue weighted by atomic mass is 10.2. The van der Waals surface area contributed by atoms with E-state index in [1.165, 1.54) is 0 Å². The van der Waals surface area contributed by atoms with Gasteiger partial charge in [-0.05, 0) is 45.8 Å². The number of hydrogen-bond acceptors (Lipinski definition) is 2. The van der Waals surface area contributed by atoms with E-state index in [1.807, 2.05) is 0 Å². The van der Waals surface area contributed by atoms with E-state index in [2.05, 4.69) is 15.9 Å². The van der Waals surface area contributed by atoms with Gasteiger partial charge in [-0.3, -0.25) is 0 Å². The predicted octanol–water partition coefficient (Wildman–Crippen LogP) is 5.04. The SMILES string of the molecule is OCc1ccc(Oc2cccc(Cl)c2Cl)c(Br)c1. The third-order valence-corrected chi connectivity index (χ3v) is 3.74. The Bertz CT molecular complexity index is 573. The predicted molar refractivity (Wildman–Crippen MR) is 76.6 cm³/mol. The van der Waals surface area contributed by atoms with Gasteiger partial charge in [0.1, 0.15) is 16.5 Å². The maximum absolute atomic E-state index is 9.02. The highest BCUT2D eigenvalue weighted by Crippen LogP contribution is 2.37. The van der Waals surface area contributed by atoms with E-state index in [-0.39, 0.29) is 6.61 Å². The number of aliphatic hydroxyl groups is 1. The number of benzene rings is 2. The van der Waals surface area contributed by atoms with Crippen molar-refractivity contribution in [1.29, 1.82) is 0 Å². The molecule has 0 aliphatic heterocycles. The molecule has 2 rings (SSSR count). The molecular formula is C13H9BrCl2O2. The van der Waals surface area contributed by atoms with Crippen LogP contribution in [0.25, 0.3) is 0 Å². The second-order valence-electron chi connectivity index (χ2n) is 3.58. The van der Waals surface area contributed by atoms with Gasteiger partial charge in [-0.15, -0.1) is 0 Å². The van der Waals surface area contributed by atoms with E-state index in [4.69, 9.17) is 33.0 Å². The van der Waals surface area contributed by atoms with Crippen LogP contribution in [0, 0.1) is 0 Å². The second-order valence-corrected chi connectivity index (χ2v) is 5.22. The van der Waals surface area contributed by atoms with Crippen LogP contribution in [0.1, 0.15) is 5.56 Å². The largest absolute Gasteiger partial charge is 0.455 e. The van der Waals surface area contributed by atoms with Gasteiger partial charge < -0.3 is 9.84 Å². The molecule has 0 atom stereocenters. The Hall–Kier alpha value is -0.740. The molecule has 0 saturated heterocycles. The first-order valence-corrected chi connectivity index (χ1v) is 6.68. The van der Waals surface area contributed by atoms with E-state index in [1.54, 1.807) is 36.4 Å². The zero-order chi connectivity index (χ0) is 13.1. The average Bonchev–Trinajstić information content (AvgIpc) is 2.37. The van der Waals surface area contributed by atoms with Gasteiger partial charge in [0.2, 0.25) is 0 Å². The molecule has 0 unspecified atom stereocenters. The Balaban J connectivity index is 2.31. The molecule has 0 fully saturated rings. The Morgan fingerprint density at radius 3 is 2.56 bits per heavy atom. The molecule has 0 amide bonds. The highest BCUT2D eigenvalue weighted by molar-refractivity contribution is 9.10. The maximum atomic E-state index is 9.02. The van der Waals surface area contributed by atoms with Crippen LogP contribution in [-0.4, -0.2) is 5.11 Å². The fourth-order valence-corrected chi connectivity index (χ4v) is 2.24.